The minimum atomic E-state index is -0.276. The summed E-state index contributed by atoms with van der Waals surface area (Å²) in [7, 11) is 0. The fraction of sp³-hybridized carbons (Fsp3) is 0.214. The fourth-order valence-corrected chi connectivity index (χ4v) is 2.48. The molecule has 0 spiro atoms. The van der Waals surface area contributed by atoms with Crippen LogP contribution in [-0.4, -0.2) is 11.5 Å². The fourth-order valence-electron chi connectivity index (χ4n) is 1.92. The number of aromatic nitrogens is 1. The van der Waals surface area contributed by atoms with Crippen LogP contribution in [0.3, 0.4) is 0 Å². The maximum Gasteiger partial charge on any atom is 0.146 e. The van der Waals surface area contributed by atoms with Crippen LogP contribution in [0.15, 0.2) is 42.7 Å². The lowest BCUT2D eigenvalue weighted by molar-refractivity contribution is 0.554. The molecular weight excluding hydrogens is 342 g/mol. The Bertz CT molecular complexity index is 531. The Kier molecular flexibility index (Phi) is 4.66. The highest BCUT2D eigenvalue weighted by molar-refractivity contribution is 14.1. The molecule has 0 radical (unpaired) electrons. The van der Waals surface area contributed by atoms with Gasteiger partial charge in [0.15, 0.2) is 0 Å². The number of nitrogens with one attached hydrogen (secondary N) is 1. The third-order valence-electron chi connectivity index (χ3n) is 2.71. The molecule has 2 nitrogen and oxygen atoms in total. The standard InChI is InChI=1S/C14H14FIN2/c1-2-18-14(10-4-3-5-11(16)8-10)12-6-7-17-9-13(12)15/h3-9,14,18H,2H2,1H3. The minimum Gasteiger partial charge on any atom is -0.306 e. The first-order chi connectivity index (χ1) is 8.72. The number of benzene rings is 1. The molecule has 1 unspecified atom stereocenters. The van der Waals surface area contributed by atoms with E-state index in [0.717, 1.165) is 15.7 Å². The summed E-state index contributed by atoms with van der Waals surface area (Å²) in [4.78, 5) is 3.79. The van der Waals surface area contributed by atoms with Gasteiger partial charge in [0, 0.05) is 15.3 Å². The molecule has 0 aliphatic heterocycles. The molecule has 18 heavy (non-hydrogen) atoms. The van der Waals surface area contributed by atoms with E-state index >= 15 is 0 Å². The van der Waals surface area contributed by atoms with Gasteiger partial charge in [0.05, 0.1) is 12.2 Å². The van der Waals surface area contributed by atoms with Gasteiger partial charge in [-0.3, -0.25) is 4.98 Å². The molecule has 0 fully saturated rings. The molecule has 1 N–H and O–H groups in total. The molecule has 0 saturated carbocycles. The Morgan fingerprint density at radius 1 is 1.39 bits per heavy atom. The van der Waals surface area contributed by atoms with Crippen LogP contribution in [0.25, 0.3) is 0 Å². The molecule has 94 valence electrons. The van der Waals surface area contributed by atoms with Gasteiger partial charge in [-0.05, 0) is 52.9 Å². The van der Waals surface area contributed by atoms with Gasteiger partial charge >= 0.3 is 0 Å². The maximum atomic E-state index is 13.8. The third kappa shape index (κ3) is 3.05. The van der Waals surface area contributed by atoms with E-state index in [-0.39, 0.29) is 11.9 Å². The predicted octanol–water partition coefficient (Wildman–Crippen LogP) is 3.52. The molecule has 1 aromatic heterocycles. The van der Waals surface area contributed by atoms with Crippen molar-refractivity contribution < 1.29 is 4.39 Å². The van der Waals surface area contributed by atoms with Crippen LogP contribution < -0.4 is 5.32 Å². The average molecular weight is 356 g/mol. The maximum absolute atomic E-state index is 13.8. The minimum absolute atomic E-state index is 0.132. The van der Waals surface area contributed by atoms with Crippen LogP contribution in [0.4, 0.5) is 4.39 Å². The van der Waals surface area contributed by atoms with Crippen LogP contribution in [0, 0.1) is 9.39 Å². The normalized spacial score (nSPS) is 12.4. The SMILES string of the molecule is CCNC(c1cccc(I)c1)c1ccncc1F. The smallest absolute Gasteiger partial charge is 0.146 e. The quantitative estimate of drug-likeness (QED) is 0.848. The highest BCUT2D eigenvalue weighted by Crippen LogP contribution is 2.24. The van der Waals surface area contributed by atoms with Crippen LogP contribution in [-0.2, 0) is 0 Å². The summed E-state index contributed by atoms with van der Waals surface area (Å²) in [5.74, 6) is -0.276. The lowest BCUT2D eigenvalue weighted by Gasteiger charge is -2.19. The van der Waals surface area contributed by atoms with Crippen molar-refractivity contribution in [2.24, 2.45) is 0 Å². The lowest BCUT2D eigenvalue weighted by atomic mass is 9.99. The molecular formula is C14H14FIN2. The summed E-state index contributed by atoms with van der Waals surface area (Å²) in [5, 5.41) is 3.31. The first-order valence-electron chi connectivity index (χ1n) is 5.80. The molecule has 4 heteroatoms. The van der Waals surface area contributed by atoms with E-state index in [9.17, 15) is 4.39 Å². The van der Waals surface area contributed by atoms with E-state index in [0.29, 0.717) is 5.56 Å². The third-order valence-corrected chi connectivity index (χ3v) is 3.38. The van der Waals surface area contributed by atoms with E-state index in [4.69, 9.17) is 0 Å². The highest BCUT2D eigenvalue weighted by Gasteiger charge is 2.16. The topological polar surface area (TPSA) is 24.9 Å². The second-order valence-electron chi connectivity index (χ2n) is 3.94. The predicted molar refractivity (Wildman–Crippen MR) is 78.9 cm³/mol. The summed E-state index contributed by atoms with van der Waals surface area (Å²) < 4.78 is 15.0. The number of nitrogens with zero attached hydrogens (tertiary/aromatic N) is 1. The van der Waals surface area contributed by atoms with Gasteiger partial charge in [0.2, 0.25) is 0 Å². The molecule has 2 aromatic rings. The van der Waals surface area contributed by atoms with Crippen LogP contribution in [0.1, 0.15) is 24.1 Å². The molecule has 1 heterocycles. The Balaban J connectivity index is 2.43. The number of rotatable bonds is 4. The Morgan fingerprint density at radius 3 is 2.89 bits per heavy atom. The van der Waals surface area contributed by atoms with Gasteiger partial charge < -0.3 is 5.32 Å². The van der Waals surface area contributed by atoms with Gasteiger partial charge in [0.1, 0.15) is 5.82 Å². The zero-order valence-electron chi connectivity index (χ0n) is 10.0. The molecule has 1 atom stereocenters. The van der Waals surface area contributed by atoms with E-state index in [1.54, 1.807) is 12.3 Å². The summed E-state index contributed by atoms with van der Waals surface area (Å²) in [6.07, 6.45) is 2.88. The van der Waals surface area contributed by atoms with Crippen molar-refractivity contribution in [1.82, 2.24) is 10.3 Å². The van der Waals surface area contributed by atoms with Gasteiger partial charge in [-0.1, -0.05) is 19.1 Å². The summed E-state index contributed by atoms with van der Waals surface area (Å²) >= 11 is 2.26. The number of hydrogen-bond acceptors (Lipinski definition) is 2. The second-order valence-corrected chi connectivity index (χ2v) is 5.19. The molecule has 0 amide bonds. The summed E-state index contributed by atoms with van der Waals surface area (Å²) in [5.41, 5.74) is 1.70. The zero-order valence-corrected chi connectivity index (χ0v) is 12.2. The first-order valence-corrected chi connectivity index (χ1v) is 6.88. The van der Waals surface area contributed by atoms with Crippen LogP contribution in [0.5, 0.6) is 0 Å². The first kappa shape index (κ1) is 13.4. The lowest BCUT2D eigenvalue weighted by Crippen LogP contribution is -2.23. The van der Waals surface area contributed by atoms with Gasteiger partial charge in [-0.25, -0.2) is 4.39 Å². The monoisotopic (exact) mass is 356 g/mol. The summed E-state index contributed by atoms with van der Waals surface area (Å²) in [6, 6.07) is 9.68. The molecule has 0 aliphatic carbocycles. The van der Waals surface area contributed by atoms with Crippen molar-refractivity contribution in [3.8, 4) is 0 Å². The van der Waals surface area contributed by atoms with Crippen molar-refractivity contribution in [3.63, 3.8) is 0 Å². The van der Waals surface area contributed by atoms with Crippen molar-refractivity contribution in [2.75, 3.05) is 6.54 Å². The van der Waals surface area contributed by atoms with E-state index in [1.807, 2.05) is 25.1 Å². The van der Waals surface area contributed by atoms with Gasteiger partial charge in [-0.2, -0.15) is 0 Å². The van der Waals surface area contributed by atoms with Gasteiger partial charge in [-0.15, -0.1) is 0 Å². The van der Waals surface area contributed by atoms with Crippen LogP contribution >= 0.6 is 22.6 Å². The van der Waals surface area contributed by atoms with Crippen molar-refractivity contribution >= 4 is 22.6 Å². The zero-order chi connectivity index (χ0) is 13.0. The Hall–Kier alpha value is -1.01. The number of pyridine rings is 1. The number of halogens is 2. The van der Waals surface area contributed by atoms with E-state index < -0.39 is 0 Å². The largest absolute Gasteiger partial charge is 0.306 e. The second kappa shape index (κ2) is 6.24. The average Bonchev–Trinajstić information content (AvgIpc) is 2.37. The molecule has 1 aromatic carbocycles. The molecule has 0 aliphatic rings. The molecule has 0 bridgehead atoms. The van der Waals surface area contributed by atoms with Gasteiger partial charge in [0.25, 0.3) is 0 Å². The van der Waals surface area contributed by atoms with Crippen molar-refractivity contribution in [2.45, 2.75) is 13.0 Å². The number of hydrogen-bond donors (Lipinski definition) is 1. The summed E-state index contributed by atoms with van der Waals surface area (Å²) in [6.45, 7) is 2.79. The Labute approximate surface area is 120 Å². The van der Waals surface area contributed by atoms with Crippen molar-refractivity contribution in [3.05, 3.63) is 63.2 Å². The molecule has 0 saturated heterocycles. The van der Waals surface area contributed by atoms with E-state index in [2.05, 4.69) is 39.0 Å². The Morgan fingerprint density at radius 2 is 2.22 bits per heavy atom. The van der Waals surface area contributed by atoms with E-state index in [1.165, 1.54) is 6.20 Å². The molecule has 2 rings (SSSR count). The van der Waals surface area contributed by atoms with Crippen molar-refractivity contribution in [1.29, 1.82) is 0 Å². The van der Waals surface area contributed by atoms with Crippen LogP contribution in [0.2, 0.25) is 0 Å². The highest BCUT2D eigenvalue weighted by atomic mass is 127.